The number of rotatable bonds is 6. The van der Waals surface area contributed by atoms with Crippen LogP contribution in [0.15, 0.2) is 29.6 Å². The molecule has 1 heterocycles. The van der Waals surface area contributed by atoms with Crippen molar-refractivity contribution >= 4 is 28.1 Å². The van der Waals surface area contributed by atoms with Crippen LogP contribution >= 0.6 is 11.3 Å². The Balaban J connectivity index is 2.00. The Bertz CT molecular complexity index is 700. The number of hydrogen-bond donors (Lipinski definition) is 2. The van der Waals surface area contributed by atoms with Crippen LogP contribution in [0.25, 0.3) is 0 Å². The second kappa shape index (κ2) is 7.65. The smallest absolute Gasteiger partial charge is 0.353 e. The molecule has 24 heavy (non-hydrogen) atoms. The van der Waals surface area contributed by atoms with Crippen LogP contribution in [0.1, 0.15) is 31.5 Å². The summed E-state index contributed by atoms with van der Waals surface area (Å²) in [7, 11) is 0. The molecular weight excluding hydrogens is 339 g/mol. The molecule has 4 nitrogen and oxygen atoms in total. The van der Waals surface area contributed by atoms with Crippen LogP contribution in [0.3, 0.4) is 0 Å². The third-order valence-electron chi connectivity index (χ3n) is 3.35. The van der Waals surface area contributed by atoms with Crippen molar-refractivity contribution < 1.29 is 18.0 Å². The van der Waals surface area contributed by atoms with Gasteiger partial charge in [0, 0.05) is 17.1 Å². The van der Waals surface area contributed by atoms with Gasteiger partial charge in [-0.2, -0.15) is 13.2 Å². The van der Waals surface area contributed by atoms with Crippen molar-refractivity contribution in [3.63, 3.8) is 0 Å². The molecule has 0 saturated carbocycles. The van der Waals surface area contributed by atoms with E-state index in [1.165, 1.54) is 23.5 Å². The van der Waals surface area contributed by atoms with Gasteiger partial charge in [0.1, 0.15) is 0 Å². The minimum atomic E-state index is -4.39. The zero-order chi connectivity index (χ0) is 17.7. The predicted octanol–water partition coefficient (Wildman–Crippen LogP) is 4.36. The molecule has 0 bridgehead atoms. The summed E-state index contributed by atoms with van der Waals surface area (Å²) in [5.41, 5.74) is 0.155. The highest BCUT2D eigenvalue weighted by Crippen LogP contribution is 2.31. The number of benzene rings is 1. The number of carbonyl (C=O) groups excluding carboxylic acids is 1. The largest absolute Gasteiger partial charge is 0.416 e. The van der Waals surface area contributed by atoms with E-state index < -0.39 is 11.7 Å². The number of aromatic nitrogens is 1. The fourth-order valence-corrected chi connectivity index (χ4v) is 2.67. The van der Waals surface area contributed by atoms with Crippen molar-refractivity contribution in [3.8, 4) is 0 Å². The normalized spacial score (nSPS) is 12.7. The Morgan fingerprint density at radius 2 is 2.12 bits per heavy atom. The van der Waals surface area contributed by atoms with Crippen LogP contribution in [0, 0.1) is 0 Å². The van der Waals surface area contributed by atoms with Crippen LogP contribution in [0.4, 0.5) is 24.0 Å². The average molecular weight is 357 g/mol. The van der Waals surface area contributed by atoms with Crippen LogP contribution < -0.4 is 10.6 Å². The summed E-state index contributed by atoms with van der Waals surface area (Å²) in [6.07, 6.45) is -3.41. The SMILES string of the molecule is CCC(C)NC(=O)Cc1csc(Nc2cccc(C(F)(F)F)c2)n1. The van der Waals surface area contributed by atoms with Gasteiger partial charge in [-0.15, -0.1) is 11.3 Å². The van der Waals surface area contributed by atoms with Crippen LogP contribution in [0.5, 0.6) is 0 Å². The van der Waals surface area contributed by atoms with Gasteiger partial charge in [0.05, 0.1) is 17.7 Å². The monoisotopic (exact) mass is 357 g/mol. The molecule has 0 aliphatic carbocycles. The number of anilines is 2. The van der Waals surface area contributed by atoms with Crippen molar-refractivity contribution in [2.24, 2.45) is 0 Å². The van der Waals surface area contributed by atoms with Crippen LogP contribution in [0.2, 0.25) is 0 Å². The van der Waals surface area contributed by atoms with E-state index in [0.29, 0.717) is 16.5 Å². The average Bonchev–Trinajstić information content (AvgIpc) is 2.93. The topological polar surface area (TPSA) is 54.0 Å². The lowest BCUT2D eigenvalue weighted by Gasteiger charge is -2.10. The van der Waals surface area contributed by atoms with Gasteiger partial charge in [-0.1, -0.05) is 13.0 Å². The summed E-state index contributed by atoms with van der Waals surface area (Å²) in [6.45, 7) is 3.89. The highest BCUT2D eigenvalue weighted by molar-refractivity contribution is 7.13. The van der Waals surface area contributed by atoms with Gasteiger partial charge in [-0.25, -0.2) is 4.98 Å². The van der Waals surface area contributed by atoms with Gasteiger partial charge in [0.15, 0.2) is 5.13 Å². The number of amides is 1. The second-order valence-corrected chi connectivity index (χ2v) is 6.26. The maximum absolute atomic E-state index is 12.7. The Morgan fingerprint density at radius 3 is 2.79 bits per heavy atom. The zero-order valence-electron chi connectivity index (χ0n) is 13.3. The molecule has 8 heteroatoms. The number of carbonyl (C=O) groups is 1. The van der Waals surface area contributed by atoms with Gasteiger partial charge in [-0.3, -0.25) is 4.79 Å². The van der Waals surface area contributed by atoms with E-state index in [9.17, 15) is 18.0 Å². The molecule has 1 aromatic heterocycles. The number of hydrogen-bond acceptors (Lipinski definition) is 4. The molecule has 1 atom stereocenters. The minimum absolute atomic E-state index is 0.0961. The van der Waals surface area contributed by atoms with E-state index >= 15 is 0 Å². The molecule has 130 valence electrons. The molecule has 0 aliphatic rings. The summed E-state index contributed by atoms with van der Waals surface area (Å²) in [5.74, 6) is -0.125. The van der Waals surface area contributed by atoms with E-state index in [2.05, 4.69) is 15.6 Å². The Hall–Kier alpha value is -2.09. The minimum Gasteiger partial charge on any atom is -0.353 e. The van der Waals surface area contributed by atoms with E-state index in [0.717, 1.165) is 18.6 Å². The van der Waals surface area contributed by atoms with Crippen molar-refractivity contribution in [1.29, 1.82) is 0 Å². The molecule has 0 spiro atoms. The summed E-state index contributed by atoms with van der Waals surface area (Å²) < 4.78 is 38.1. The van der Waals surface area contributed by atoms with Gasteiger partial charge in [0.25, 0.3) is 0 Å². The molecule has 2 rings (SSSR count). The molecule has 0 fully saturated rings. The maximum Gasteiger partial charge on any atom is 0.416 e. The van der Waals surface area contributed by atoms with Crippen LogP contribution in [-0.2, 0) is 17.4 Å². The first-order valence-electron chi connectivity index (χ1n) is 7.46. The van der Waals surface area contributed by atoms with E-state index in [1.54, 1.807) is 5.38 Å². The van der Waals surface area contributed by atoms with Crippen molar-refractivity contribution in [3.05, 3.63) is 40.9 Å². The first-order chi connectivity index (χ1) is 11.3. The number of alkyl halides is 3. The first-order valence-corrected chi connectivity index (χ1v) is 8.34. The van der Waals surface area contributed by atoms with Gasteiger partial charge in [0.2, 0.25) is 5.91 Å². The Kier molecular flexibility index (Phi) is 5.82. The predicted molar refractivity (Wildman–Crippen MR) is 88.4 cm³/mol. The zero-order valence-corrected chi connectivity index (χ0v) is 14.1. The molecule has 1 amide bonds. The lowest BCUT2D eigenvalue weighted by Crippen LogP contribution is -2.33. The molecule has 0 aliphatic heterocycles. The fourth-order valence-electron chi connectivity index (χ4n) is 1.93. The van der Waals surface area contributed by atoms with Crippen molar-refractivity contribution in [1.82, 2.24) is 10.3 Å². The Labute approximate surface area is 142 Å². The quantitative estimate of drug-likeness (QED) is 0.807. The molecule has 2 N–H and O–H groups in total. The lowest BCUT2D eigenvalue weighted by atomic mass is 10.2. The van der Waals surface area contributed by atoms with E-state index in [4.69, 9.17) is 0 Å². The van der Waals surface area contributed by atoms with Crippen molar-refractivity contribution in [2.75, 3.05) is 5.32 Å². The molecule has 2 aromatic rings. The molecule has 1 aromatic carbocycles. The van der Waals surface area contributed by atoms with Gasteiger partial charge in [-0.05, 0) is 31.5 Å². The molecule has 1 unspecified atom stereocenters. The molecular formula is C16H18F3N3OS. The maximum atomic E-state index is 12.7. The van der Waals surface area contributed by atoms with E-state index in [-0.39, 0.29) is 18.4 Å². The molecule has 0 saturated heterocycles. The summed E-state index contributed by atoms with van der Waals surface area (Å²) in [6, 6.07) is 5.00. The molecule has 0 radical (unpaired) electrons. The van der Waals surface area contributed by atoms with Gasteiger partial charge >= 0.3 is 6.18 Å². The van der Waals surface area contributed by atoms with Crippen molar-refractivity contribution in [2.45, 2.75) is 38.9 Å². The number of nitrogens with zero attached hydrogens (tertiary/aromatic N) is 1. The first kappa shape index (κ1) is 18.3. The summed E-state index contributed by atoms with van der Waals surface area (Å²) in [4.78, 5) is 16.0. The highest BCUT2D eigenvalue weighted by Gasteiger charge is 2.30. The van der Waals surface area contributed by atoms with Crippen LogP contribution in [-0.4, -0.2) is 16.9 Å². The lowest BCUT2D eigenvalue weighted by molar-refractivity contribution is -0.137. The van der Waals surface area contributed by atoms with E-state index in [1.807, 2.05) is 13.8 Å². The number of nitrogens with one attached hydrogen (secondary N) is 2. The van der Waals surface area contributed by atoms with Gasteiger partial charge < -0.3 is 10.6 Å². The second-order valence-electron chi connectivity index (χ2n) is 5.40. The summed E-state index contributed by atoms with van der Waals surface area (Å²) >= 11 is 1.24. The third-order valence-corrected chi connectivity index (χ3v) is 4.16. The third kappa shape index (κ3) is 5.23. The Morgan fingerprint density at radius 1 is 1.38 bits per heavy atom. The fraction of sp³-hybridized carbons (Fsp3) is 0.375. The highest BCUT2D eigenvalue weighted by atomic mass is 32.1. The summed E-state index contributed by atoms with van der Waals surface area (Å²) in [5, 5.41) is 7.84. The number of halogens is 3. The number of thiazole rings is 1. The standard InChI is InChI=1S/C16H18F3N3OS/c1-3-10(2)20-14(23)8-13-9-24-15(22-13)21-12-6-4-5-11(7-12)16(17,18)19/h4-7,9-10H,3,8H2,1-2H3,(H,20,23)(H,21,22).